The maximum Gasteiger partial charge on any atom is 0.326 e. The van der Waals surface area contributed by atoms with Gasteiger partial charge in [0.15, 0.2) is 0 Å². The summed E-state index contributed by atoms with van der Waals surface area (Å²) in [5.74, 6) is -0.790. The van der Waals surface area contributed by atoms with Crippen LogP contribution < -0.4 is 9.03 Å². The van der Waals surface area contributed by atoms with Crippen LogP contribution in [0.1, 0.15) is 11.1 Å². The molecule has 115 valence electrons. The van der Waals surface area contributed by atoms with Gasteiger partial charge in [0.05, 0.1) is 5.69 Å². The molecule has 3 rings (SSSR count). The van der Waals surface area contributed by atoms with E-state index < -0.39 is 16.1 Å². The number of amides is 1. The van der Waals surface area contributed by atoms with Crippen molar-refractivity contribution >= 4 is 73.2 Å². The first-order valence-electron chi connectivity index (χ1n) is 6.65. The van der Waals surface area contributed by atoms with Crippen molar-refractivity contribution in [3.8, 4) is 5.75 Å². The second-order valence-electron chi connectivity index (χ2n) is 5.02. The number of hydrogen-bond acceptors (Lipinski definition) is 4. The van der Waals surface area contributed by atoms with Gasteiger partial charge in [0.1, 0.15) is 12.3 Å². The summed E-state index contributed by atoms with van der Waals surface area (Å²) in [6.07, 6.45) is 0.624. The summed E-state index contributed by atoms with van der Waals surface area (Å²) in [6.45, 7) is -0.325. The van der Waals surface area contributed by atoms with Crippen LogP contribution in [-0.2, 0) is 21.4 Å². The average molecular weight is 357 g/mol. The van der Waals surface area contributed by atoms with Gasteiger partial charge in [-0.05, 0) is 29.7 Å². The molecule has 0 aromatic heterocycles. The minimum Gasteiger partial charge on any atom is -0.506 e. The zero-order valence-corrected chi connectivity index (χ0v) is 16.5. The maximum absolute atomic E-state index is 11.8. The van der Waals surface area contributed by atoms with Gasteiger partial charge in [-0.25, -0.2) is 9.03 Å². The zero-order valence-electron chi connectivity index (χ0n) is 12.6. The molecule has 1 fully saturated rings. The normalized spacial score (nSPS) is 15.8. The van der Waals surface area contributed by atoms with E-state index in [0.717, 1.165) is 15.4 Å². The molecule has 1 radical (unpaired) electrons. The van der Waals surface area contributed by atoms with E-state index in [2.05, 4.69) is 0 Å². The van der Waals surface area contributed by atoms with Gasteiger partial charge >= 0.3 is 10.2 Å². The summed E-state index contributed by atoms with van der Waals surface area (Å²) in [6, 6.07) is 14.5. The zero-order chi connectivity index (χ0) is 15.7. The van der Waals surface area contributed by atoms with E-state index in [4.69, 9.17) is 0 Å². The van der Waals surface area contributed by atoms with Gasteiger partial charge in [0.2, 0.25) is 0 Å². The quantitative estimate of drug-likeness (QED) is 0.795. The van der Waals surface area contributed by atoms with E-state index in [-0.39, 0.29) is 69.4 Å². The fourth-order valence-electron chi connectivity index (χ4n) is 2.38. The monoisotopic (exact) mass is 357 g/mol. The Kier molecular flexibility index (Phi) is 5.87. The van der Waals surface area contributed by atoms with E-state index >= 15 is 0 Å². The molecule has 1 aliphatic rings. The van der Waals surface area contributed by atoms with Crippen molar-refractivity contribution in [1.29, 1.82) is 0 Å². The molecule has 1 heterocycles. The van der Waals surface area contributed by atoms with Gasteiger partial charge in [-0.2, -0.15) is 8.42 Å². The fourth-order valence-corrected chi connectivity index (χ4v) is 3.55. The van der Waals surface area contributed by atoms with Crippen LogP contribution >= 0.6 is 0 Å². The topological polar surface area (TPSA) is 86.7 Å². The molecule has 0 aliphatic carbocycles. The van der Waals surface area contributed by atoms with Crippen molar-refractivity contribution in [2.45, 2.75) is 6.42 Å². The van der Waals surface area contributed by atoms with Crippen LogP contribution in [0, 0.1) is 0 Å². The minimum atomic E-state index is -3.91. The van der Waals surface area contributed by atoms with Crippen LogP contribution in [-0.4, -0.2) is 77.4 Å². The SMILES string of the molecule is O=C1CN(c2ccc(Cc3ccccc3)cc2O)S(=O)(=O)N1.[K]. The largest absolute Gasteiger partial charge is 0.506 e. The number of anilines is 1. The predicted octanol–water partition coefficient (Wildman–Crippen LogP) is 0.783. The minimum absolute atomic E-state index is 0. The van der Waals surface area contributed by atoms with E-state index in [1.807, 2.05) is 35.1 Å². The Morgan fingerprint density at radius 1 is 1.09 bits per heavy atom. The molecule has 0 atom stereocenters. The number of nitrogens with one attached hydrogen (secondary N) is 1. The summed E-state index contributed by atoms with van der Waals surface area (Å²) < 4.78 is 26.3. The van der Waals surface area contributed by atoms with Crippen molar-refractivity contribution < 1.29 is 18.3 Å². The number of phenolic OH excluding ortho intramolecular Hbond substituents is 1. The summed E-state index contributed by atoms with van der Waals surface area (Å²) in [5.41, 5.74) is 2.03. The summed E-state index contributed by atoms with van der Waals surface area (Å²) in [7, 11) is -3.91. The smallest absolute Gasteiger partial charge is 0.326 e. The van der Waals surface area contributed by atoms with Gasteiger partial charge in [-0.15, -0.1) is 0 Å². The second kappa shape index (κ2) is 7.33. The Balaban J connectivity index is 0.00000192. The maximum atomic E-state index is 11.8. The Morgan fingerprint density at radius 3 is 2.35 bits per heavy atom. The van der Waals surface area contributed by atoms with Crippen LogP contribution in [0.25, 0.3) is 0 Å². The molecule has 0 saturated carbocycles. The molecule has 0 spiro atoms. The predicted molar refractivity (Wildman–Crippen MR) is 87.5 cm³/mol. The molecule has 2 aromatic carbocycles. The third kappa shape index (κ3) is 4.14. The Hall–Kier alpha value is -0.904. The summed E-state index contributed by atoms with van der Waals surface area (Å²) in [4.78, 5) is 11.2. The van der Waals surface area contributed by atoms with Crippen LogP contribution in [0.15, 0.2) is 48.5 Å². The number of phenols is 1. The van der Waals surface area contributed by atoms with Crippen LogP contribution in [0.2, 0.25) is 0 Å². The second-order valence-corrected chi connectivity index (χ2v) is 6.62. The first kappa shape index (κ1) is 18.4. The van der Waals surface area contributed by atoms with Gasteiger partial charge in [0, 0.05) is 51.4 Å². The molecule has 23 heavy (non-hydrogen) atoms. The number of carbonyl (C=O) groups is 1. The number of hydrogen-bond donors (Lipinski definition) is 2. The standard InChI is InChI=1S/C15H14N2O4S.K/c18-14-9-12(8-11-4-2-1-3-5-11)6-7-13(14)17-10-15(19)16-22(17,20)21;/h1-7,9,18H,8,10H2,(H,16,19);. The first-order chi connectivity index (χ1) is 10.5. The third-order valence-electron chi connectivity index (χ3n) is 3.38. The summed E-state index contributed by atoms with van der Waals surface area (Å²) >= 11 is 0. The molecule has 0 bridgehead atoms. The van der Waals surface area contributed by atoms with Gasteiger partial charge < -0.3 is 5.11 Å². The third-order valence-corrected chi connectivity index (χ3v) is 4.77. The Labute approximate surface area is 177 Å². The molecular weight excluding hydrogens is 343 g/mol. The van der Waals surface area contributed by atoms with Crippen molar-refractivity contribution in [3.63, 3.8) is 0 Å². The Bertz CT molecular complexity index is 825. The van der Waals surface area contributed by atoms with Crippen LogP contribution in [0.3, 0.4) is 0 Å². The number of nitrogens with zero attached hydrogens (tertiary/aromatic N) is 1. The van der Waals surface area contributed by atoms with Crippen LogP contribution in [0.5, 0.6) is 5.75 Å². The van der Waals surface area contributed by atoms with E-state index in [0.29, 0.717) is 6.42 Å². The number of rotatable bonds is 3. The molecule has 2 N–H and O–H groups in total. The number of benzene rings is 2. The molecule has 8 heteroatoms. The van der Waals surface area contributed by atoms with E-state index in [1.165, 1.54) is 12.1 Å². The van der Waals surface area contributed by atoms with Gasteiger partial charge in [-0.1, -0.05) is 36.4 Å². The van der Waals surface area contributed by atoms with Gasteiger partial charge in [-0.3, -0.25) is 4.79 Å². The number of aromatic hydroxyl groups is 1. The molecule has 6 nitrogen and oxygen atoms in total. The van der Waals surface area contributed by atoms with E-state index in [9.17, 15) is 18.3 Å². The van der Waals surface area contributed by atoms with Crippen molar-refractivity contribution in [1.82, 2.24) is 4.72 Å². The average Bonchev–Trinajstić information content (AvgIpc) is 2.73. The molecular formula is C15H14KN2O4S. The van der Waals surface area contributed by atoms with Crippen molar-refractivity contribution in [2.24, 2.45) is 0 Å². The number of carbonyl (C=O) groups excluding carboxylic acids is 1. The summed E-state index contributed by atoms with van der Waals surface area (Å²) in [5, 5.41) is 10.1. The van der Waals surface area contributed by atoms with Crippen LogP contribution in [0.4, 0.5) is 5.69 Å². The molecule has 0 unspecified atom stereocenters. The molecule has 1 amide bonds. The molecule has 2 aromatic rings. The van der Waals surface area contributed by atoms with Gasteiger partial charge in [0.25, 0.3) is 5.91 Å². The molecule has 1 saturated heterocycles. The fraction of sp³-hybridized carbons (Fsp3) is 0.133. The van der Waals surface area contributed by atoms with Crippen molar-refractivity contribution in [3.05, 3.63) is 59.7 Å². The van der Waals surface area contributed by atoms with E-state index in [1.54, 1.807) is 6.07 Å². The molecule has 1 aliphatic heterocycles. The first-order valence-corrected chi connectivity index (χ1v) is 8.09. The van der Waals surface area contributed by atoms with Crippen molar-refractivity contribution in [2.75, 3.05) is 10.8 Å². The Morgan fingerprint density at radius 2 is 1.78 bits per heavy atom.